The summed E-state index contributed by atoms with van der Waals surface area (Å²) in [5.41, 5.74) is 2.42. The van der Waals surface area contributed by atoms with Crippen molar-refractivity contribution in [3.63, 3.8) is 0 Å². The van der Waals surface area contributed by atoms with Crippen LogP contribution in [0.15, 0.2) is 53.3 Å². The quantitative estimate of drug-likeness (QED) is 0.932. The van der Waals surface area contributed by atoms with Crippen molar-refractivity contribution in [3.8, 4) is 0 Å². The van der Waals surface area contributed by atoms with Crippen LogP contribution in [0.4, 0.5) is 0 Å². The lowest BCUT2D eigenvalue weighted by atomic mass is 10.0. The summed E-state index contributed by atoms with van der Waals surface area (Å²) in [6.45, 7) is 3.03. The van der Waals surface area contributed by atoms with Gasteiger partial charge in [-0.05, 0) is 29.8 Å². The number of rotatable bonds is 4. The van der Waals surface area contributed by atoms with Gasteiger partial charge in [-0.15, -0.1) is 0 Å². The van der Waals surface area contributed by atoms with E-state index in [0.29, 0.717) is 0 Å². The van der Waals surface area contributed by atoms with E-state index in [2.05, 4.69) is 57.4 Å². The minimum atomic E-state index is 0.185. The summed E-state index contributed by atoms with van der Waals surface area (Å²) in [6, 6.07) is 12.5. The topological polar surface area (TPSA) is 24.9 Å². The molecule has 1 aromatic heterocycles. The largest absolute Gasteiger partial charge is 0.306 e. The Morgan fingerprint density at radius 3 is 2.71 bits per heavy atom. The Kier molecular flexibility index (Phi) is 4.29. The molecule has 0 radical (unpaired) electrons. The zero-order valence-electron chi connectivity index (χ0n) is 9.73. The number of pyridine rings is 1. The van der Waals surface area contributed by atoms with E-state index in [1.54, 1.807) is 6.20 Å². The SMILES string of the molecule is CCNC(c1cccnc1)c1ccccc1Br. The molecule has 0 aliphatic rings. The van der Waals surface area contributed by atoms with Gasteiger partial charge < -0.3 is 5.32 Å². The van der Waals surface area contributed by atoms with Crippen LogP contribution in [0.5, 0.6) is 0 Å². The van der Waals surface area contributed by atoms with E-state index in [1.807, 2.05) is 18.3 Å². The van der Waals surface area contributed by atoms with Gasteiger partial charge in [-0.3, -0.25) is 4.98 Å². The highest BCUT2D eigenvalue weighted by Crippen LogP contribution is 2.27. The average Bonchev–Trinajstić information content (AvgIpc) is 2.38. The zero-order valence-corrected chi connectivity index (χ0v) is 11.3. The predicted octanol–water partition coefficient (Wildman–Crippen LogP) is 3.54. The first-order valence-corrected chi connectivity index (χ1v) is 6.50. The van der Waals surface area contributed by atoms with Crippen LogP contribution in [-0.2, 0) is 0 Å². The van der Waals surface area contributed by atoms with Crippen LogP contribution in [0.25, 0.3) is 0 Å². The summed E-state index contributed by atoms with van der Waals surface area (Å²) in [5, 5.41) is 3.49. The lowest BCUT2D eigenvalue weighted by Crippen LogP contribution is -2.22. The van der Waals surface area contributed by atoms with Crippen molar-refractivity contribution in [2.24, 2.45) is 0 Å². The monoisotopic (exact) mass is 290 g/mol. The molecular formula is C14H15BrN2. The van der Waals surface area contributed by atoms with Crippen molar-refractivity contribution in [2.75, 3.05) is 6.54 Å². The molecule has 1 unspecified atom stereocenters. The minimum absolute atomic E-state index is 0.185. The van der Waals surface area contributed by atoms with E-state index in [-0.39, 0.29) is 6.04 Å². The predicted molar refractivity (Wildman–Crippen MR) is 73.9 cm³/mol. The van der Waals surface area contributed by atoms with E-state index >= 15 is 0 Å². The van der Waals surface area contributed by atoms with Crippen LogP contribution in [0.2, 0.25) is 0 Å². The molecule has 0 spiro atoms. The number of nitrogens with one attached hydrogen (secondary N) is 1. The lowest BCUT2D eigenvalue weighted by molar-refractivity contribution is 0.626. The molecule has 2 nitrogen and oxygen atoms in total. The Labute approximate surface area is 110 Å². The fourth-order valence-corrected chi connectivity index (χ4v) is 2.38. The van der Waals surface area contributed by atoms with Crippen molar-refractivity contribution in [2.45, 2.75) is 13.0 Å². The molecule has 1 atom stereocenters. The number of hydrogen-bond acceptors (Lipinski definition) is 2. The summed E-state index contributed by atoms with van der Waals surface area (Å²) >= 11 is 3.60. The maximum absolute atomic E-state index is 4.19. The first kappa shape index (κ1) is 12.3. The molecule has 1 aromatic carbocycles. The third kappa shape index (κ3) is 2.93. The Bertz CT molecular complexity index is 471. The highest BCUT2D eigenvalue weighted by atomic mass is 79.9. The van der Waals surface area contributed by atoms with E-state index in [0.717, 1.165) is 11.0 Å². The van der Waals surface area contributed by atoms with Gasteiger partial charge in [0.05, 0.1) is 6.04 Å². The number of benzene rings is 1. The van der Waals surface area contributed by atoms with Crippen LogP contribution in [0.3, 0.4) is 0 Å². The van der Waals surface area contributed by atoms with Gasteiger partial charge in [0, 0.05) is 16.9 Å². The van der Waals surface area contributed by atoms with Crippen LogP contribution < -0.4 is 5.32 Å². The standard InChI is InChI=1S/C14H15BrN2/c1-2-17-14(11-6-5-9-16-10-11)12-7-3-4-8-13(12)15/h3-10,14,17H,2H2,1H3. The summed E-state index contributed by atoms with van der Waals surface area (Å²) in [6.07, 6.45) is 3.71. The molecule has 1 heterocycles. The summed E-state index contributed by atoms with van der Waals surface area (Å²) in [7, 11) is 0. The molecule has 3 heteroatoms. The highest BCUT2D eigenvalue weighted by Gasteiger charge is 2.14. The molecular weight excluding hydrogens is 276 g/mol. The first-order valence-electron chi connectivity index (χ1n) is 5.70. The smallest absolute Gasteiger partial charge is 0.0603 e. The van der Waals surface area contributed by atoms with Gasteiger partial charge in [0.1, 0.15) is 0 Å². The van der Waals surface area contributed by atoms with Crippen molar-refractivity contribution in [1.29, 1.82) is 0 Å². The molecule has 0 saturated heterocycles. The molecule has 0 amide bonds. The van der Waals surface area contributed by atoms with Gasteiger partial charge in [0.15, 0.2) is 0 Å². The fraction of sp³-hybridized carbons (Fsp3) is 0.214. The molecule has 88 valence electrons. The van der Waals surface area contributed by atoms with Crippen LogP contribution in [0, 0.1) is 0 Å². The Morgan fingerprint density at radius 2 is 2.06 bits per heavy atom. The average molecular weight is 291 g/mol. The lowest BCUT2D eigenvalue weighted by Gasteiger charge is -2.19. The molecule has 17 heavy (non-hydrogen) atoms. The Morgan fingerprint density at radius 1 is 1.24 bits per heavy atom. The zero-order chi connectivity index (χ0) is 12.1. The first-order chi connectivity index (χ1) is 8.33. The van der Waals surface area contributed by atoms with Crippen molar-refractivity contribution < 1.29 is 0 Å². The second-order valence-corrected chi connectivity index (χ2v) is 4.65. The third-order valence-electron chi connectivity index (χ3n) is 2.64. The minimum Gasteiger partial charge on any atom is -0.306 e. The molecule has 0 saturated carbocycles. The van der Waals surface area contributed by atoms with Crippen molar-refractivity contribution >= 4 is 15.9 Å². The van der Waals surface area contributed by atoms with Gasteiger partial charge >= 0.3 is 0 Å². The molecule has 2 rings (SSSR count). The number of aromatic nitrogens is 1. The number of nitrogens with zero attached hydrogens (tertiary/aromatic N) is 1. The second kappa shape index (κ2) is 5.94. The maximum Gasteiger partial charge on any atom is 0.0603 e. The van der Waals surface area contributed by atoms with Crippen molar-refractivity contribution in [3.05, 3.63) is 64.4 Å². The van der Waals surface area contributed by atoms with Gasteiger partial charge in [0.2, 0.25) is 0 Å². The van der Waals surface area contributed by atoms with Crippen LogP contribution >= 0.6 is 15.9 Å². The van der Waals surface area contributed by atoms with Crippen LogP contribution in [-0.4, -0.2) is 11.5 Å². The molecule has 0 fully saturated rings. The van der Waals surface area contributed by atoms with Gasteiger partial charge in [-0.2, -0.15) is 0 Å². The van der Waals surface area contributed by atoms with Crippen molar-refractivity contribution in [1.82, 2.24) is 10.3 Å². The number of halogens is 1. The third-order valence-corrected chi connectivity index (χ3v) is 3.36. The maximum atomic E-state index is 4.19. The normalized spacial score (nSPS) is 12.4. The van der Waals surface area contributed by atoms with Crippen LogP contribution in [0.1, 0.15) is 24.1 Å². The highest BCUT2D eigenvalue weighted by molar-refractivity contribution is 9.10. The molecule has 0 aliphatic heterocycles. The van der Waals surface area contributed by atoms with E-state index < -0.39 is 0 Å². The summed E-state index contributed by atoms with van der Waals surface area (Å²) in [4.78, 5) is 4.19. The summed E-state index contributed by atoms with van der Waals surface area (Å²) in [5.74, 6) is 0. The summed E-state index contributed by atoms with van der Waals surface area (Å²) < 4.78 is 1.12. The molecule has 2 aromatic rings. The molecule has 0 bridgehead atoms. The fourth-order valence-electron chi connectivity index (χ4n) is 1.87. The van der Waals surface area contributed by atoms with E-state index in [9.17, 15) is 0 Å². The Balaban J connectivity index is 2.39. The van der Waals surface area contributed by atoms with E-state index in [1.165, 1.54) is 11.1 Å². The van der Waals surface area contributed by atoms with E-state index in [4.69, 9.17) is 0 Å². The second-order valence-electron chi connectivity index (χ2n) is 3.80. The number of hydrogen-bond donors (Lipinski definition) is 1. The van der Waals surface area contributed by atoms with Gasteiger partial charge in [-0.1, -0.05) is 47.1 Å². The van der Waals surface area contributed by atoms with Gasteiger partial charge in [0.25, 0.3) is 0 Å². The molecule has 1 N–H and O–H groups in total. The Hall–Kier alpha value is -1.19. The molecule has 0 aliphatic carbocycles. The van der Waals surface area contributed by atoms with Gasteiger partial charge in [-0.25, -0.2) is 0 Å².